The van der Waals surface area contributed by atoms with E-state index in [1.54, 1.807) is 35.1 Å². The largest absolute Gasteiger partial charge is 0.498 e. The van der Waals surface area contributed by atoms with Gasteiger partial charge in [0, 0.05) is 41.1 Å². The lowest BCUT2D eigenvalue weighted by molar-refractivity contribution is -0.0364. The smallest absolute Gasteiger partial charge is 0.399 e. The molecule has 3 aliphatic rings. The van der Waals surface area contributed by atoms with Crippen LogP contribution >= 0.6 is 0 Å². The summed E-state index contributed by atoms with van der Waals surface area (Å²) in [4.78, 5) is 25.2. The number of ketones is 2. The maximum Gasteiger partial charge on any atom is 0.498 e. The molecule has 1 aromatic carbocycles. The van der Waals surface area contributed by atoms with Gasteiger partial charge in [0.2, 0.25) is 0 Å². The fourth-order valence-corrected chi connectivity index (χ4v) is 4.78. The van der Waals surface area contributed by atoms with E-state index in [0.29, 0.717) is 24.1 Å². The third kappa shape index (κ3) is 2.74. The summed E-state index contributed by atoms with van der Waals surface area (Å²) in [6.45, 7) is 6.52. The van der Waals surface area contributed by atoms with Crippen molar-refractivity contribution in [3.8, 4) is 0 Å². The van der Waals surface area contributed by atoms with E-state index in [9.17, 15) is 9.59 Å². The highest BCUT2D eigenvalue weighted by Gasteiger charge is 2.67. The first-order chi connectivity index (χ1) is 14.2. The maximum atomic E-state index is 12.6. The Morgan fingerprint density at radius 1 is 1.13 bits per heavy atom. The molecule has 1 aromatic heterocycles. The molecule has 2 heterocycles. The van der Waals surface area contributed by atoms with Crippen LogP contribution in [0.2, 0.25) is 0 Å². The maximum absolute atomic E-state index is 12.6. The summed E-state index contributed by atoms with van der Waals surface area (Å²) >= 11 is 0. The van der Waals surface area contributed by atoms with Crippen molar-refractivity contribution in [2.75, 3.05) is 0 Å². The number of hydrogen-bond donors (Lipinski definition) is 1. The van der Waals surface area contributed by atoms with Crippen molar-refractivity contribution < 1.29 is 18.9 Å². The Balaban J connectivity index is 1.27. The van der Waals surface area contributed by atoms with Crippen LogP contribution in [0.25, 0.3) is 0 Å². The molecular formula is C22H26BN3O4. The zero-order valence-electron chi connectivity index (χ0n) is 17.6. The second-order valence-corrected chi connectivity index (χ2v) is 9.42. The SMILES string of the molecule is CC1(C)OB(c2cnn(CCC3C(=O)c4ccccc4C3=O)c2)OC1(C)C1(N)CC1. The molecule has 156 valence electrons. The summed E-state index contributed by atoms with van der Waals surface area (Å²) in [5.41, 5.74) is 6.89. The van der Waals surface area contributed by atoms with Crippen LogP contribution in [0.4, 0.5) is 0 Å². The Kier molecular flexibility index (Phi) is 4.17. The van der Waals surface area contributed by atoms with Gasteiger partial charge in [0.1, 0.15) is 0 Å². The molecule has 2 aromatic rings. The van der Waals surface area contributed by atoms with Gasteiger partial charge < -0.3 is 15.0 Å². The third-order valence-corrected chi connectivity index (χ3v) is 7.30. The van der Waals surface area contributed by atoms with E-state index in [-0.39, 0.29) is 17.1 Å². The number of rotatable bonds is 5. The molecule has 8 heteroatoms. The predicted molar refractivity (Wildman–Crippen MR) is 112 cm³/mol. The highest BCUT2D eigenvalue weighted by molar-refractivity contribution is 6.62. The van der Waals surface area contributed by atoms with Gasteiger partial charge in [0.25, 0.3) is 0 Å². The summed E-state index contributed by atoms with van der Waals surface area (Å²) < 4.78 is 14.3. The highest BCUT2D eigenvalue weighted by atomic mass is 16.7. The molecule has 2 N–H and O–H groups in total. The van der Waals surface area contributed by atoms with E-state index in [4.69, 9.17) is 15.0 Å². The number of benzene rings is 1. The van der Waals surface area contributed by atoms with Gasteiger partial charge in [-0.15, -0.1) is 0 Å². The number of aryl methyl sites for hydroxylation is 1. The first kappa shape index (κ1) is 19.7. The Bertz CT molecular complexity index is 1010. The first-order valence-electron chi connectivity index (χ1n) is 10.5. The van der Waals surface area contributed by atoms with Gasteiger partial charge in [-0.05, 0) is 40.0 Å². The van der Waals surface area contributed by atoms with E-state index < -0.39 is 24.2 Å². The molecule has 1 saturated heterocycles. The van der Waals surface area contributed by atoms with Crippen LogP contribution in [-0.4, -0.2) is 45.2 Å². The fourth-order valence-electron chi connectivity index (χ4n) is 4.78. The topological polar surface area (TPSA) is 96.4 Å². The second kappa shape index (κ2) is 6.36. The predicted octanol–water partition coefficient (Wildman–Crippen LogP) is 1.74. The third-order valence-electron chi connectivity index (χ3n) is 7.30. The Morgan fingerprint density at radius 3 is 2.37 bits per heavy atom. The monoisotopic (exact) mass is 407 g/mol. The molecular weight excluding hydrogens is 381 g/mol. The molecule has 5 rings (SSSR count). The van der Waals surface area contributed by atoms with Crippen molar-refractivity contribution in [1.82, 2.24) is 9.78 Å². The molecule has 1 saturated carbocycles. The Hall–Kier alpha value is -2.29. The molecule has 2 fully saturated rings. The molecule has 1 atom stereocenters. The van der Waals surface area contributed by atoms with Gasteiger partial charge in [0.15, 0.2) is 11.6 Å². The Morgan fingerprint density at radius 2 is 1.77 bits per heavy atom. The minimum atomic E-state index is -0.636. The number of Topliss-reactive ketones (excluding diaryl/α,β-unsaturated/α-hetero) is 2. The summed E-state index contributed by atoms with van der Waals surface area (Å²) in [6.07, 6.45) is 5.84. The quantitative estimate of drug-likeness (QED) is 0.599. The van der Waals surface area contributed by atoms with Crippen molar-refractivity contribution in [3.05, 3.63) is 47.8 Å². The minimum Gasteiger partial charge on any atom is -0.399 e. The molecule has 1 aliphatic heterocycles. The number of carbonyl (C=O) groups excluding carboxylic acids is 2. The van der Waals surface area contributed by atoms with Gasteiger partial charge in [-0.25, -0.2) is 0 Å². The van der Waals surface area contributed by atoms with E-state index in [1.807, 2.05) is 27.0 Å². The van der Waals surface area contributed by atoms with Gasteiger partial charge >= 0.3 is 7.12 Å². The van der Waals surface area contributed by atoms with Crippen LogP contribution in [0.3, 0.4) is 0 Å². The number of fused-ring (bicyclic) bond motifs is 1. The van der Waals surface area contributed by atoms with Gasteiger partial charge in [-0.3, -0.25) is 14.3 Å². The molecule has 0 bridgehead atoms. The first-order valence-corrected chi connectivity index (χ1v) is 10.5. The zero-order valence-corrected chi connectivity index (χ0v) is 17.6. The van der Waals surface area contributed by atoms with Crippen LogP contribution < -0.4 is 11.2 Å². The normalized spacial score (nSPS) is 27.0. The van der Waals surface area contributed by atoms with Crippen LogP contribution in [0.1, 0.15) is 60.7 Å². The second-order valence-electron chi connectivity index (χ2n) is 9.42. The zero-order chi connectivity index (χ0) is 21.3. The number of nitrogens with two attached hydrogens (primary N) is 1. The van der Waals surface area contributed by atoms with E-state index in [1.165, 1.54) is 0 Å². The van der Waals surface area contributed by atoms with Crippen LogP contribution in [0, 0.1) is 5.92 Å². The Labute approximate surface area is 176 Å². The molecule has 1 unspecified atom stereocenters. The molecule has 7 nitrogen and oxygen atoms in total. The average Bonchev–Trinajstić information content (AvgIpc) is 3.09. The molecule has 0 amide bonds. The molecule has 30 heavy (non-hydrogen) atoms. The number of nitrogens with zero attached hydrogens (tertiary/aromatic N) is 2. The molecule has 2 aliphatic carbocycles. The lowest BCUT2D eigenvalue weighted by Gasteiger charge is -2.41. The fraction of sp³-hybridized carbons (Fsp3) is 0.500. The summed E-state index contributed by atoms with van der Waals surface area (Å²) in [5, 5.41) is 4.40. The summed E-state index contributed by atoms with van der Waals surface area (Å²) in [6, 6.07) is 7.02. The van der Waals surface area contributed by atoms with Crippen molar-refractivity contribution in [2.24, 2.45) is 11.7 Å². The van der Waals surface area contributed by atoms with E-state index in [2.05, 4.69) is 5.10 Å². The average molecular weight is 407 g/mol. The van der Waals surface area contributed by atoms with E-state index >= 15 is 0 Å². The van der Waals surface area contributed by atoms with Crippen LogP contribution in [0.15, 0.2) is 36.7 Å². The molecule has 0 radical (unpaired) electrons. The standard InChI is InChI=1S/C22H26BN3O4/c1-20(2)21(3,22(24)9-10-22)30-23(29-20)14-12-25-26(13-14)11-8-17-18(27)15-6-4-5-7-16(15)19(17)28/h4-7,12-13,17H,8-11,24H2,1-3H3. The van der Waals surface area contributed by atoms with Crippen molar-refractivity contribution in [2.45, 2.75) is 63.3 Å². The van der Waals surface area contributed by atoms with Crippen molar-refractivity contribution in [1.29, 1.82) is 0 Å². The van der Waals surface area contributed by atoms with Crippen molar-refractivity contribution >= 4 is 24.1 Å². The van der Waals surface area contributed by atoms with E-state index in [0.717, 1.165) is 18.3 Å². The number of carbonyl (C=O) groups is 2. The lowest BCUT2D eigenvalue weighted by atomic mass is 9.79. The van der Waals surface area contributed by atoms with Crippen LogP contribution in [-0.2, 0) is 15.9 Å². The number of aromatic nitrogens is 2. The van der Waals surface area contributed by atoms with Crippen LogP contribution in [0.5, 0.6) is 0 Å². The summed E-state index contributed by atoms with van der Waals surface area (Å²) in [5.74, 6) is -0.829. The number of hydrogen-bond acceptors (Lipinski definition) is 6. The highest BCUT2D eigenvalue weighted by Crippen LogP contribution is 2.53. The lowest BCUT2D eigenvalue weighted by Crippen LogP contribution is -2.59. The minimum absolute atomic E-state index is 0.0966. The van der Waals surface area contributed by atoms with Gasteiger partial charge in [-0.2, -0.15) is 5.10 Å². The molecule has 0 spiro atoms. The van der Waals surface area contributed by atoms with Gasteiger partial charge in [-0.1, -0.05) is 24.3 Å². The van der Waals surface area contributed by atoms with Gasteiger partial charge in [0.05, 0.1) is 17.1 Å². The summed E-state index contributed by atoms with van der Waals surface area (Å²) in [7, 11) is -0.543. The van der Waals surface area contributed by atoms with Crippen molar-refractivity contribution in [3.63, 3.8) is 0 Å².